The van der Waals surface area contributed by atoms with Crippen LogP contribution in [0.15, 0.2) is 42.5 Å². The van der Waals surface area contributed by atoms with Crippen LogP contribution in [-0.2, 0) is 14.4 Å². The molecule has 0 radical (unpaired) electrons. The van der Waals surface area contributed by atoms with Crippen molar-refractivity contribution in [2.24, 2.45) is 0 Å². The number of hydrogen-bond acceptors (Lipinski definition) is 8. The lowest BCUT2D eigenvalue weighted by atomic mass is 10.2. The standard InChI is InChI=1S/C19H19N3O6/c1-26-15-8-7-13(9-16(15)27-2)21-14-10-17(23)22(18(14)24)28-19(25)11-3-5-12(20)6-4-11/h3-9,14,21H,10,20H2,1-2H3. The van der Waals surface area contributed by atoms with E-state index in [0.29, 0.717) is 27.9 Å². The zero-order valence-electron chi connectivity index (χ0n) is 15.3. The number of nitrogens with zero attached hydrogens (tertiary/aromatic N) is 1. The minimum atomic E-state index is -0.871. The predicted molar refractivity (Wildman–Crippen MR) is 99.7 cm³/mol. The van der Waals surface area contributed by atoms with E-state index in [4.69, 9.17) is 20.0 Å². The van der Waals surface area contributed by atoms with Gasteiger partial charge in [-0.05, 0) is 36.4 Å². The Hall–Kier alpha value is -3.75. The second-order valence-corrected chi connectivity index (χ2v) is 6.00. The number of rotatable bonds is 6. The number of benzene rings is 2. The lowest BCUT2D eigenvalue weighted by Gasteiger charge is -2.16. The van der Waals surface area contributed by atoms with E-state index in [1.807, 2.05) is 0 Å². The van der Waals surface area contributed by atoms with Crippen molar-refractivity contribution in [3.05, 3.63) is 48.0 Å². The van der Waals surface area contributed by atoms with Crippen LogP contribution in [-0.4, -0.2) is 43.1 Å². The van der Waals surface area contributed by atoms with E-state index < -0.39 is 23.8 Å². The van der Waals surface area contributed by atoms with Gasteiger partial charge in [-0.3, -0.25) is 9.59 Å². The Balaban J connectivity index is 1.69. The molecule has 0 bridgehead atoms. The summed E-state index contributed by atoms with van der Waals surface area (Å²) in [6.45, 7) is 0. The molecule has 3 N–H and O–H groups in total. The molecule has 1 unspecified atom stereocenters. The van der Waals surface area contributed by atoms with Crippen LogP contribution in [0.1, 0.15) is 16.8 Å². The smallest absolute Gasteiger partial charge is 0.363 e. The van der Waals surface area contributed by atoms with E-state index in [1.54, 1.807) is 18.2 Å². The summed E-state index contributed by atoms with van der Waals surface area (Å²) < 4.78 is 10.4. The number of carbonyl (C=O) groups excluding carboxylic acids is 3. The van der Waals surface area contributed by atoms with Crippen LogP contribution in [0.25, 0.3) is 0 Å². The third-order valence-corrected chi connectivity index (χ3v) is 4.15. The topological polar surface area (TPSA) is 120 Å². The maximum Gasteiger partial charge on any atom is 0.363 e. The molecule has 28 heavy (non-hydrogen) atoms. The van der Waals surface area contributed by atoms with Gasteiger partial charge in [0.2, 0.25) is 0 Å². The average Bonchev–Trinajstić information content (AvgIpc) is 2.95. The van der Waals surface area contributed by atoms with Gasteiger partial charge in [0.05, 0.1) is 26.2 Å². The van der Waals surface area contributed by atoms with Crippen LogP contribution in [0.3, 0.4) is 0 Å². The van der Waals surface area contributed by atoms with Crippen LogP contribution in [0.5, 0.6) is 11.5 Å². The Morgan fingerprint density at radius 1 is 1.07 bits per heavy atom. The van der Waals surface area contributed by atoms with Gasteiger partial charge in [0.15, 0.2) is 11.5 Å². The number of amides is 2. The van der Waals surface area contributed by atoms with Crippen LogP contribution in [0.2, 0.25) is 0 Å². The van der Waals surface area contributed by atoms with Gasteiger partial charge < -0.3 is 25.4 Å². The van der Waals surface area contributed by atoms with Crippen molar-refractivity contribution in [2.75, 3.05) is 25.3 Å². The van der Waals surface area contributed by atoms with Gasteiger partial charge in [-0.15, -0.1) is 5.06 Å². The summed E-state index contributed by atoms with van der Waals surface area (Å²) in [6, 6.07) is 10.1. The molecule has 1 atom stereocenters. The fourth-order valence-electron chi connectivity index (χ4n) is 2.70. The zero-order valence-corrected chi connectivity index (χ0v) is 15.3. The van der Waals surface area contributed by atoms with Crippen molar-refractivity contribution < 1.29 is 28.7 Å². The first-order valence-corrected chi connectivity index (χ1v) is 8.36. The Kier molecular flexibility index (Phi) is 5.35. The monoisotopic (exact) mass is 385 g/mol. The average molecular weight is 385 g/mol. The zero-order chi connectivity index (χ0) is 20.3. The number of nitrogens with two attached hydrogens (primary N) is 1. The molecule has 0 saturated carbocycles. The molecule has 9 nitrogen and oxygen atoms in total. The van der Waals surface area contributed by atoms with Gasteiger partial charge in [0, 0.05) is 17.4 Å². The summed E-state index contributed by atoms with van der Waals surface area (Å²) in [5.41, 5.74) is 6.77. The number of methoxy groups -OCH3 is 2. The molecule has 2 aromatic carbocycles. The SMILES string of the molecule is COc1ccc(NC2CC(=O)N(OC(=O)c3ccc(N)cc3)C2=O)cc1OC. The highest BCUT2D eigenvalue weighted by Gasteiger charge is 2.42. The third-order valence-electron chi connectivity index (χ3n) is 4.15. The summed E-state index contributed by atoms with van der Waals surface area (Å²) in [6.07, 6.45) is -0.151. The fourth-order valence-corrected chi connectivity index (χ4v) is 2.70. The highest BCUT2D eigenvalue weighted by atomic mass is 16.7. The Morgan fingerprint density at radius 3 is 2.39 bits per heavy atom. The van der Waals surface area contributed by atoms with Crippen molar-refractivity contribution in [3.8, 4) is 11.5 Å². The van der Waals surface area contributed by atoms with Gasteiger partial charge in [-0.1, -0.05) is 0 Å². The number of hydrogen-bond donors (Lipinski definition) is 2. The van der Waals surface area contributed by atoms with Crippen molar-refractivity contribution in [1.82, 2.24) is 5.06 Å². The minimum absolute atomic E-state index is 0.151. The molecule has 1 aliphatic rings. The maximum atomic E-state index is 12.5. The molecule has 1 aliphatic heterocycles. The summed E-state index contributed by atoms with van der Waals surface area (Å²) in [7, 11) is 3.00. The number of hydroxylamine groups is 2. The van der Waals surface area contributed by atoms with E-state index in [9.17, 15) is 14.4 Å². The second kappa shape index (κ2) is 7.87. The lowest BCUT2D eigenvalue weighted by Crippen LogP contribution is -2.36. The molecule has 0 aromatic heterocycles. The number of carbonyl (C=O) groups is 3. The van der Waals surface area contributed by atoms with Crippen molar-refractivity contribution >= 4 is 29.2 Å². The first kappa shape index (κ1) is 19.0. The molecule has 146 valence electrons. The van der Waals surface area contributed by atoms with Gasteiger partial charge in [0.1, 0.15) is 6.04 Å². The molecular formula is C19H19N3O6. The van der Waals surface area contributed by atoms with E-state index in [-0.39, 0.29) is 12.0 Å². The predicted octanol–water partition coefficient (Wildman–Crippen LogP) is 1.60. The first-order chi connectivity index (χ1) is 13.4. The normalized spacial score (nSPS) is 16.1. The first-order valence-electron chi connectivity index (χ1n) is 8.36. The van der Waals surface area contributed by atoms with Crippen molar-refractivity contribution in [1.29, 1.82) is 0 Å². The Morgan fingerprint density at radius 2 is 1.75 bits per heavy atom. The highest BCUT2D eigenvalue weighted by Crippen LogP contribution is 2.31. The number of imide groups is 1. The second-order valence-electron chi connectivity index (χ2n) is 6.00. The van der Waals surface area contributed by atoms with Crippen molar-refractivity contribution in [2.45, 2.75) is 12.5 Å². The molecular weight excluding hydrogens is 366 g/mol. The van der Waals surface area contributed by atoms with Gasteiger partial charge in [-0.2, -0.15) is 0 Å². The third kappa shape index (κ3) is 3.83. The maximum absolute atomic E-state index is 12.5. The lowest BCUT2D eigenvalue weighted by molar-refractivity contribution is -0.172. The molecule has 1 saturated heterocycles. The Bertz CT molecular complexity index is 912. The van der Waals surface area contributed by atoms with Crippen LogP contribution >= 0.6 is 0 Å². The van der Waals surface area contributed by atoms with Gasteiger partial charge in [-0.25, -0.2) is 4.79 Å². The Labute approximate surface area is 160 Å². The van der Waals surface area contributed by atoms with Crippen LogP contribution in [0.4, 0.5) is 11.4 Å². The molecule has 2 aromatic rings. The van der Waals surface area contributed by atoms with E-state index in [2.05, 4.69) is 5.32 Å². The summed E-state index contributed by atoms with van der Waals surface area (Å²) >= 11 is 0. The molecule has 1 heterocycles. The molecule has 3 rings (SSSR count). The number of nitrogen functional groups attached to an aromatic ring is 1. The molecule has 0 spiro atoms. The van der Waals surface area contributed by atoms with E-state index in [1.165, 1.54) is 38.5 Å². The van der Waals surface area contributed by atoms with E-state index in [0.717, 1.165) is 0 Å². The van der Waals surface area contributed by atoms with Crippen LogP contribution < -0.4 is 20.5 Å². The quantitative estimate of drug-likeness (QED) is 0.568. The van der Waals surface area contributed by atoms with Crippen molar-refractivity contribution in [3.63, 3.8) is 0 Å². The summed E-state index contributed by atoms with van der Waals surface area (Å²) in [5, 5.41) is 3.43. The summed E-state index contributed by atoms with van der Waals surface area (Å²) in [4.78, 5) is 41.8. The fraction of sp³-hybridized carbons (Fsp3) is 0.211. The van der Waals surface area contributed by atoms with Crippen LogP contribution in [0, 0.1) is 0 Å². The number of anilines is 2. The van der Waals surface area contributed by atoms with Gasteiger partial charge in [0.25, 0.3) is 11.8 Å². The number of ether oxygens (including phenoxy) is 2. The highest BCUT2D eigenvalue weighted by molar-refractivity contribution is 6.07. The molecule has 1 fully saturated rings. The molecule has 0 aliphatic carbocycles. The minimum Gasteiger partial charge on any atom is -0.493 e. The largest absolute Gasteiger partial charge is 0.493 e. The molecule has 9 heteroatoms. The summed E-state index contributed by atoms with van der Waals surface area (Å²) in [5.74, 6) is -1.11. The van der Waals surface area contributed by atoms with E-state index >= 15 is 0 Å². The molecule has 2 amide bonds. The number of nitrogens with one attached hydrogen (secondary N) is 1. The van der Waals surface area contributed by atoms with Gasteiger partial charge >= 0.3 is 5.97 Å².